The summed E-state index contributed by atoms with van der Waals surface area (Å²) in [4.78, 5) is 13.7. The lowest BCUT2D eigenvalue weighted by Gasteiger charge is -2.34. The zero-order valence-electron chi connectivity index (χ0n) is 14.2. The second kappa shape index (κ2) is 7.92. The van der Waals surface area contributed by atoms with E-state index in [1.807, 2.05) is 0 Å². The second-order valence-electron chi connectivity index (χ2n) is 6.17. The van der Waals surface area contributed by atoms with E-state index in [4.69, 9.17) is 11.6 Å². The molecule has 1 fully saturated rings. The van der Waals surface area contributed by atoms with Crippen LogP contribution in [0.15, 0.2) is 47.4 Å². The van der Waals surface area contributed by atoms with Crippen LogP contribution in [0.5, 0.6) is 0 Å². The van der Waals surface area contributed by atoms with Crippen molar-refractivity contribution in [1.29, 1.82) is 0 Å². The molecule has 1 aliphatic heterocycles. The SMILES string of the molecule is O=C(Cc1cccc(Cl)c1)N1CCN(S(=O)(=O)c2ccc(F)c(F)c2)CC1. The minimum Gasteiger partial charge on any atom is -0.340 e. The Hall–Kier alpha value is -2.03. The molecular weight excluding hydrogens is 398 g/mol. The van der Waals surface area contributed by atoms with Crippen LogP contribution < -0.4 is 0 Å². The van der Waals surface area contributed by atoms with E-state index in [-0.39, 0.29) is 43.4 Å². The van der Waals surface area contributed by atoms with Gasteiger partial charge in [0.15, 0.2) is 11.6 Å². The van der Waals surface area contributed by atoms with E-state index < -0.39 is 21.7 Å². The fourth-order valence-corrected chi connectivity index (χ4v) is 4.55. The molecule has 144 valence electrons. The summed E-state index contributed by atoms with van der Waals surface area (Å²) in [5.41, 5.74) is 0.782. The van der Waals surface area contributed by atoms with Crippen molar-refractivity contribution in [2.24, 2.45) is 0 Å². The number of carbonyl (C=O) groups excluding carboxylic acids is 1. The van der Waals surface area contributed by atoms with Gasteiger partial charge < -0.3 is 4.90 Å². The van der Waals surface area contributed by atoms with Crippen LogP contribution in [0, 0.1) is 11.6 Å². The third kappa shape index (κ3) is 4.45. The van der Waals surface area contributed by atoms with Crippen molar-refractivity contribution in [3.8, 4) is 0 Å². The average molecular weight is 415 g/mol. The van der Waals surface area contributed by atoms with Gasteiger partial charge in [-0.2, -0.15) is 4.31 Å². The summed E-state index contributed by atoms with van der Waals surface area (Å²) in [5.74, 6) is -2.45. The Bertz CT molecular complexity index is 961. The van der Waals surface area contributed by atoms with Gasteiger partial charge in [0.2, 0.25) is 15.9 Å². The van der Waals surface area contributed by atoms with E-state index >= 15 is 0 Å². The van der Waals surface area contributed by atoms with Gasteiger partial charge in [-0.3, -0.25) is 4.79 Å². The van der Waals surface area contributed by atoms with Crippen LogP contribution in [-0.4, -0.2) is 49.7 Å². The Morgan fingerprint density at radius 1 is 1.00 bits per heavy atom. The van der Waals surface area contributed by atoms with Gasteiger partial charge in [0.1, 0.15) is 0 Å². The summed E-state index contributed by atoms with van der Waals surface area (Å²) < 4.78 is 52.7. The molecule has 0 aromatic heterocycles. The number of piperazine rings is 1. The number of nitrogens with zero attached hydrogens (tertiary/aromatic N) is 2. The van der Waals surface area contributed by atoms with E-state index in [0.717, 1.165) is 17.7 Å². The Kier molecular flexibility index (Phi) is 5.78. The summed E-state index contributed by atoms with van der Waals surface area (Å²) >= 11 is 5.91. The second-order valence-corrected chi connectivity index (χ2v) is 8.54. The zero-order chi connectivity index (χ0) is 19.6. The van der Waals surface area contributed by atoms with E-state index in [1.54, 1.807) is 29.2 Å². The molecule has 3 rings (SSSR count). The standard InChI is InChI=1S/C18H17ClF2N2O3S/c19-14-3-1-2-13(10-14)11-18(24)22-6-8-23(9-7-22)27(25,26)15-4-5-16(20)17(21)12-15/h1-5,10,12H,6-9,11H2. The van der Waals surface area contributed by atoms with Crippen molar-refractivity contribution in [2.45, 2.75) is 11.3 Å². The van der Waals surface area contributed by atoms with Crippen molar-refractivity contribution in [1.82, 2.24) is 9.21 Å². The van der Waals surface area contributed by atoms with Gasteiger partial charge >= 0.3 is 0 Å². The van der Waals surface area contributed by atoms with Crippen LogP contribution >= 0.6 is 11.6 Å². The fraction of sp³-hybridized carbons (Fsp3) is 0.278. The van der Waals surface area contributed by atoms with E-state index in [0.29, 0.717) is 11.1 Å². The summed E-state index contributed by atoms with van der Waals surface area (Å²) in [6.07, 6.45) is 0.177. The maximum absolute atomic E-state index is 13.4. The van der Waals surface area contributed by atoms with Crippen molar-refractivity contribution in [3.05, 3.63) is 64.7 Å². The lowest BCUT2D eigenvalue weighted by atomic mass is 10.1. The highest BCUT2D eigenvalue weighted by atomic mass is 35.5. The highest BCUT2D eigenvalue weighted by Gasteiger charge is 2.30. The Morgan fingerprint density at radius 3 is 2.33 bits per heavy atom. The van der Waals surface area contributed by atoms with E-state index in [9.17, 15) is 22.0 Å². The topological polar surface area (TPSA) is 57.7 Å². The lowest BCUT2D eigenvalue weighted by molar-refractivity contribution is -0.131. The first-order valence-corrected chi connectivity index (χ1v) is 10.1. The fourth-order valence-electron chi connectivity index (χ4n) is 2.90. The largest absolute Gasteiger partial charge is 0.340 e. The Labute approximate surface area is 161 Å². The summed E-state index contributed by atoms with van der Waals surface area (Å²) in [5, 5.41) is 0.544. The van der Waals surface area contributed by atoms with Crippen LogP contribution in [0.2, 0.25) is 5.02 Å². The van der Waals surface area contributed by atoms with Gasteiger partial charge in [-0.25, -0.2) is 17.2 Å². The molecule has 0 aliphatic carbocycles. The number of hydrogen-bond acceptors (Lipinski definition) is 3. The first-order valence-electron chi connectivity index (χ1n) is 8.25. The van der Waals surface area contributed by atoms with Crippen molar-refractivity contribution in [3.63, 3.8) is 0 Å². The molecule has 5 nitrogen and oxygen atoms in total. The molecule has 9 heteroatoms. The number of amides is 1. The number of carbonyl (C=O) groups is 1. The lowest BCUT2D eigenvalue weighted by Crippen LogP contribution is -2.50. The minimum absolute atomic E-state index is 0.0859. The van der Waals surface area contributed by atoms with Gasteiger partial charge in [-0.15, -0.1) is 0 Å². The van der Waals surface area contributed by atoms with Crippen LogP contribution in [0.1, 0.15) is 5.56 Å². The summed E-state index contributed by atoms with van der Waals surface area (Å²) in [6, 6.07) is 9.48. The number of halogens is 3. The summed E-state index contributed by atoms with van der Waals surface area (Å²) in [6.45, 7) is 0.621. The molecule has 2 aromatic rings. The van der Waals surface area contributed by atoms with Crippen molar-refractivity contribution in [2.75, 3.05) is 26.2 Å². The molecule has 2 aromatic carbocycles. The molecule has 1 amide bonds. The molecule has 1 heterocycles. The molecule has 0 saturated carbocycles. The molecule has 0 bridgehead atoms. The van der Waals surface area contributed by atoms with Gasteiger partial charge in [0.05, 0.1) is 11.3 Å². The molecular formula is C18H17ClF2N2O3S. The maximum Gasteiger partial charge on any atom is 0.243 e. The quantitative estimate of drug-likeness (QED) is 0.773. The number of sulfonamides is 1. The van der Waals surface area contributed by atoms with Crippen LogP contribution in [0.3, 0.4) is 0 Å². The highest BCUT2D eigenvalue weighted by molar-refractivity contribution is 7.89. The molecule has 27 heavy (non-hydrogen) atoms. The molecule has 0 atom stereocenters. The highest BCUT2D eigenvalue weighted by Crippen LogP contribution is 2.20. The van der Waals surface area contributed by atoms with Gasteiger partial charge in [-0.1, -0.05) is 23.7 Å². The van der Waals surface area contributed by atoms with Gasteiger partial charge in [0, 0.05) is 31.2 Å². The molecule has 0 radical (unpaired) electrons. The van der Waals surface area contributed by atoms with Crippen molar-refractivity contribution < 1.29 is 22.0 Å². The third-order valence-corrected chi connectivity index (χ3v) is 6.49. The maximum atomic E-state index is 13.4. The number of benzene rings is 2. The number of hydrogen-bond donors (Lipinski definition) is 0. The van der Waals surface area contributed by atoms with Crippen molar-refractivity contribution >= 4 is 27.5 Å². The third-order valence-electron chi connectivity index (χ3n) is 4.36. The molecule has 0 N–H and O–H groups in total. The average Bonchev–Trinajstić information content (AvgIpc) is 2.64. The Balaban J connectivity index is 1.64. The predicted octanol–water partition coefficient (Wildman–Crippen LogP) is 2.69. The first-order chi connectivity index (χ1) is 12.8. The smallest absolute Gasteiger partial charge is 0.243 e. The summed E-state index contributed by atoms with van der Waals surface area (Å²) in [7, 11) is -3.94. The monoisotopic (exact) mass is 414 g/mol. The van der Waals surface area contributed by atoms with Crippen LogP contribution in [-0.2, 0) is 21.2 Å². The van der Waals surface area contributed by atoms with E-state index in [1.165, 1.54) is 4.31 Å². The van der Waals surface area contributed by atoms with Gasteiger partial charge in [0.25, 0.3) is 0 Å². The molecule has 0 spiro atoms. The molecule has 1 saturated heterocycles. The minimum atomic E-state index is -3.94. The normalized spacial score (nSPS) is 15.7. The first kappa shape index (κ1) is 19.7. The van der Waals surface area contributed by atoms with Crippen LogP contribution in [0.25, 0.3) is 0 Å². The number of rotatable bonds is 4. The van der Waals surface area contributed by atoms with Crippen LogP contribution in [0.4, 0.5) is 8.78 Å². The zero-order valence-corrected chi connectivity index (χ0v) is 15.8. The molecule has 1 aliphatic rings. The van der Waals surface area contributed by atoms with E-state index in [2.05, 4.69) is 0 Å². The molecule has 0 unspecified atom stereocenters. The Morgan fingerprint density at radius 2 is 1.70 bits per heavy atom. The van der Waals surface area contributed by atoms with Gasteiger partial charge in [-0.05, 0) is 35.9 Å². The predicted molar refractivity (Wildman–Crippen MR) is 96.9 cm³/mol.